The van der Waals surface area contributed by atoms with Crippen molar-refractivity contribution in [1.82, 2.24) is 14.9 Å². The molecule has 2 aliphatic heterocycles. The number of aromatic amines is 1. The average Bonchev–Trinajstić information content (AvgIpc) is 2.67. The lowest BCUT2D eigenvalue weighted by Gasteiger charge is -2.36. The van der Waals surface area contributed by atoms with E-state index in [9.17, 15) is 9.90 Å². The van der Waals surface area contributed by atoms with Crippen molar-refractivity contribution >= 4 is 5.95 Å². The van der Waals surface area contributed by atoms with Crippen molar-refractivity contribution in [3.8, 4) is 11.5 Å². The third kappa shape index (κ3) is 4.23. The molecular weight excluding hydrogens is 372 g/mol. The van der Waals surface area contributed by atoms with Gasteiger partial charge >= 0.3 is 0 Å². The number of hydrogen-bond acceptors (Lipinski definition) is 7. The van der Waals surface area contributed by atoms with Crippen molar-refractivity contribution in [2.45, 2.75) is 45.6 Å². The summed E-state index contributed by atoms with van der Waals surface area (Å²) in [6, 6.07) is 5.44. The summed E-state index contributed by atoms with van der Waals surface area (Å²) in [7, 11) is 1.53. The molecule has 0 spiro atoms. The minimum atomic E-state index is -0.0430. The van der Waals surface area contributed by atoms with Gasteiger partial charge in [-0.2, -0.15) is 0 Å². The molecule has 2 aromatic rings. The van der Waals surface area contributed by atoms with E-state index in [1.807, 2.05) is 19.9 Å². The molecule has 0 aliphatic carbocycles. The van der Waals surface area contributed by atoms with Crippen LogP contribution in [-0.4, -0.2) is 58.9 Å². The van der Waals surface area contributed by atoms with Crippen LogP contribution in [0.4, 0.5) is 5.95 Å². The zero-order valence-electron chi connectivity index (χ0n) is 17.1. The van der Waals surface area contributed by atoms with E-state index in [2.05, 4.69) is 14.8 Å². The second-order valence-corrected chi connectivity index (χ2v) is 7.94. The summed E-state index contributed by atoms with van der Waals surface area (Å²) in [5.74, 6) is 1.22. The lowest BCUT2D eigenvalue weighted by atomic mass is 10.1. The highest BCUT2D eigenvalue weighted by Gasteiger charge is 2.27. The van der Waals surface area contributed by atoms with Crippen molar-refractivity contribution in [3.05, 3.63) is 45.4 Å². The molecule has 0 unspecified atom stereocenters. The van der Waals surface area contributed by atoms with E-state index in [0.29, 0.717) is 44.3 Å². The number of H-pyrrole nitrogens is 1. The Bertz CT molecular complexity index is 935. The van der Waals surface area contributed by atoms with Gasteiger partial charge < -0.3 is 19.5 Å². The van der Waals surface area contributed by atoms with Gasteiger partial charge in [0.25, 0.3) is 5.56 Å². The van der Waals surface area contributed by atoms with Gasteiger partial charge in [-0.1, -0.05) is 6.07 Å². The van der Waals surface area contributed by atoms with Gasteiger partial charge in [0, 0.05) is 38.3 Å². The Labute approximate surface area is 170 Å². The van der Waals surface area contributed by atoms with Crippen LogP contribution in [0.2, 0.25) is 0 Å². The Morgan fingerprint density at radius 1 is 1.31 bits per heavy atom. The van der Waals surface area contributed by atoms with E-state index < -0.39 is 0 Å². The SMILES string of the molecule is COc1ccc(CN2CCc3c(nc(N4C[C@@H](C)O[C@H](C)C4)[nH]c3=O)C2)cc1O. The van der Waals surface area contributed by atoms with E-state index in [1.54, 1.807) is 12.1 Å². The first-order valence-electron chi connectivity index (χ1n) is 10.0. The summed E-state index contributed by atoms with van der Waals surface area (Å²) in [4.78, 5) is 24.8. The molecule has 8 nitrogen and oxygen atoms in total. The topological polar surface area (TPSA) is 90.9 Å². The number of nitrogens with one attached hydrogen (secondary N) is 1. The van der Waals surface area contributed by atoms with Gasteiger partial charge in [0.2, 0.25) is 5.95 Å². The average molecular weight is 400 g/mol. The van der Waals surface area contributed by atoms with Crippen molar-refractivity contribution in [3.63, 3.8) is 0 Å². The number of benzene rings is 1. The molecule has 1 aromatic carbocycles. The van der Waals surface area contributed by atoms with E-state index >= 15 is 0 Å². The summed E-state index contributed by atoms with van der Waals surface area (Å²) in [6.45, 7) is 7.54. The highest BCUT2D eigenvalue weighted by molar-refractivity contribution is 5.42. The van der Waals surface area contributed by atoms with E-state index in [1.165, 1.54) is 7.11 Å². The van der Waals surface area contributed by atoms with Crippen LogP contribution in [0, 0.1) is 0 Å². The van der Waals surface area contributed by atoms with Crippen LogP contribution in [0.5, 0.6) is 11.5 Å². The summed E-state index contributed by atoms with van der Waals surface area (Å²) in [5, 5.41) is 10.0. The zero-order chi connectivity index (χ0) is 20.5. The molecule has 156 valence electrons. The summed E-state index contributed by atoms with van der Waals surface area (Å²) in [6.07, 6.45) is 0.856. The number of phenolic OH excluding ortho intramolecular Hbond substituents is 1. The minimum absolute atomic E-state index is 0.0430. The van der Waals surface area contributed by atoms with E-state index in [-0.39, 0.29) is 23.5 Å². The number of aromatic hydroxyl groups is 1. The fourth-order valence-corrected chi connectivity index (χ4v) is 4.21. The summed E-state index contributed by atoms with van der Waals surface area (Å²) in [5.41, 5.74) is 2.56. The summed E-state index contributed by atoms with van der Waals surface area (Å²) < 4.78 is 10.9. The van der Waals surface area contributed by atoms with Crippen LogP contribution in [-0.2, 0) is 24.2 Å². The predicted molar refractivity (Wildman–Crippen MR) is 110 cm³/mol. The Balaban J connectivity index is 1.53. The molecule has 4 rings (SSSR count). The smallest absolute Gasteiger partial charge is 0.255 e. The van der Waals surface area contributed by atoms with Crippen molar-refractivity contribution in [1.29, 1.82) is 0 Å². The Morgan fingerprint density at radius 3 is 2.76 bits per heavy atom. The predicted octanol–water partition coefficient (Wildman–Crippen LogP) is 1.66. The molecule has 2 aliphatic rings. The van der Waals surface area contributed by atoms with Crippen molar-refractivity contribution in [2.24, 2.45) is 0 Å². The largest absolute Gasteiger partial charge is 0.504 e. The number of fused-ring (bicyclic) bond motifs is 1. The van der Waals surface area contributed by atoms with Crippen molar-refractivity contribution in [2.75, 3.05) is 31.6 Å². The maximum absolute atomic E-state index is 12.7. The first-order valence-corrected chi connectivity index (χ1v) is 10.0. The molecule has 0 saturated carbocycles. The second kappa shape index (κ2) is 8.04. The van der Waals surface area contributed by atoms with Gasteiger partial charge in [-0.15, -0.1) is 0 Å². The standard InChI is InChI=1S/C21H28N4O4/c1-13-9-25(10-14(2)29-13)21-22-17-12-24(7-6-16(17)20(27)23-21)11-15-4-5-19(28-3)18(26)8-15/h4-5,8,13-14,26H,6-7,9-12H2,1-3H3,(H,22,23,27)/t13-,14-/m1/s1. The molecule has 1 fully saturated rings. The molecule has 0 radical (unpaired) electrons. The van der Waals surface area contributed by atoms with Gasteiger partial charge in [0.05, 0.1) is 25.0 Å². The van der Waals surface area contributed by atoms with Crippen LogP contribution in [0.1, 0.15) is 30.7 Å². The number of anilines is 1. The fraction of sp³-hybridized carbons (Fsp3) is 0.524. The van der Waals surface area contributed by atoms with Crippen LogP contribution >= 0.6 is 0 Å². The third-order valence-corrected chi connectivity index (χ3v) is 5.51. The van der Waals surface area contributed by atoms with Gasteiger partial charge in [-0.05, 0) is 38.0 Å². The first-order chi connectivity index (χ1) is 13.9. The molecular formula is C21H28N4O4. The second-order valence-electron chi connectivity index (χ2n) is 7.94. The maximum Gasteiger partial charge on any atom is 0.255 e. The van der Waals surface area contributed by atoms with Gasteiger partial charge in [-0.3, -0.25) is 14.7 Å². The van der Waals surface area contributed by atoms with Gasteiger partial charge in [0.15, 0.2) is 11.5 Å². The molecule has 0 amide bonds. The zero-order valence-corrected chi connectivity index (χ0v) is 17.1. The molecule has 2 atom stereocenters. The van der Waals surface area contributed by atoms with Crippen molar-refractivity contribution < 1.29 is 14.6 Å². The number of aromatic nitrogens is 2. The molecule has 29 heavy (non-hydrogen) atoms. The maximum atomic E-state index is 12.7. The Hall–Kier alpha value is -2.58. The highest BCUT2D eigenvalue weighted by Crippen LogP contribution is 2.27. The number of rotatable bonds is 4. The Morgan fingerprint density at radius 2 is 2.07 bits per heavy atom. The molecule has 0 bridgehead atoms. The van der Waals surface area contributed by atoms with E-state index in [0.717, 1.165) is 23.4 Å². The van der Waals surface area contributed by atoms with E-state index in [4.69, 9.17) is 14.5 Å². The van der Waals surface area contributed by atoms with Crippen LogP contribution in [0.15, 0.2) is 23.0 Å². The minimum Gasteiger partial charge on any atom is -0.504 e. The third-order valence-electron chi connectivity index (χ3n) is 5.51. The number of morpholine rings is 1. The number of hydrogen-bond donors (Lipinski definition) is 2. The van der Waals surface area contributed by atoms with Gasteiger partial charge in [0.1, 0.15) is 0 Å². The fourth-order valence-electron chi connectivity index (χ4n) is 4.21. The monoisotopic (exact) mass is 400 g/mol. The number of phenols is 1. The molecule has 2 N–H and O–H groups in total. The molecule has 1 saturated heterocycles. The Kier molecular flexibility index (Phi) is 5.47. The first kappa shape index (κ1) is 19.7. The van der Waals surface area contributed by atoms with Crippen LogP contribution in [0.25, 0.3) is 0 Å². The number of methoxy groups -OCH3 is 1. The lowest BCUT2D eigenvalue weighted by molar-refractivity contribution is -0.00576. The quantitative estimate of drug-likeness (QED) is 0.806. The molecule has 8 heteroatoms. The molecule has 3 heterocycles. The van der Waals surface area contributed by atoms with Crippen LogP contribution < -0.4 is 15.2 Å². The number of ether oxygens (including phenoxy) is 2. The lowest BCUT2D eigenvalue weighted by Crippen LogP contribution is -2.47. The van der Waals surface area contributed by atoms with Crippen LogP contribution in [0.3, 0.4) is 0 Å². The summed E-state index contributed by atoms with van der Waals surface area (Å²) >= 11 is 0. The molecule has 1 aromatic heterocycles. The number of nitrogens with zero attached hydrogens (tertiary/aromatic N) is 3. The highest BCUT2D eigenvalue weighted by atomic mass is 16.5. The normalized spacial score (nSPS) is 22.4. The van der Waals surface area contributed by atoms with Gasteiger partial charge in [-0.25, -0.2) is 4.98 Å².